The lowest BCUT2D eigenvalue weighted by Gasteiger charge is -2.29. The van der Waals surface area contributed by atoms with E-state index in [4.69, 9.17) is 4.74 Å². The highest BCUT2D eigenvalue weighted by atomic mass is 32.2. The van der Waals surface area contributed by atoms with Crippen molar-refractivity contribution in [1.29, 1.82) is 0 Å². The summed E-state index contributed by atoms with van der Waals surface area (Å²) in [5, 5.41) is 2.87. The van der Waals surface area contributed by atoms with E-state index in [1.54, 1.807) is 16.7 Å². The molecule has 1 saturated carbocycles. The predicted molar refractivity (Wildman–Crippen MR) is 117 cm³/mol. The van der Waals surface area contributed by atoms with Gasteiger partial charge in [-0.2, -0.15) is 0 Å². The number of fused-ring (bicyclic) bond motifs is 1. The van der Waals surface area contributed by atoms with Crippen molar-refractivity contribution in [2.24, 2.45) is 0 Å². The van der Waals surface area contributed by atoms with Crippen LogP contribution in [0.4, 0.5) is 11.4 Å². The minimum Gasteiger partial charge on any atom is -0.490 e. The van der Waals surface area contributed by atoms with Crippen LogP contribution < -0.4 is 15.0 Å². The van der Waals surface area contributed by atoms with Gasteiger partial charge in [0.1, 0.15) is 5.75 Å². The highest BCUT2D eigenvalue weighted by Crippen LogP contribution is 2.34. The molecule has 4 rings (SSSR count). The summed E-state index contributed by atoms with van der Waals surface area (Å²) in [5.74, 6) is 1.56. The van der Waals surface area contributed by atoms with E-state index < -0.39 is 0 Å². The summed E-state index contributed by atoms with van der Waals surface area (Å²) >= 11 is 1.76. The average Bonchev–Trinajstić information content (AvgIpc) is 3.26. The number of para-hydroxylation sites is 1. The minimum absolute atomic E-state index is 0.00629. The Morgan fingerprint density at radius 3 is 2.59 bits per heavy atom. The monoisotopic (exact) mass is 410 g/mol. The van der Waals surface area contributed by atoms with Crippen LogP contribution in [0, 0.1) is 0 Å². The molecule has 6 heteroatoms. The number of hydrogen-bond acceptors (Lipinski definition) is 4. The Morgan fingerprint density at radius 2 is 1.79 bits per heavy atom. The molecule has 0 radical (unpaired) electrons. The third-order valence-corrected chi connectivity index (χ3v) is 6.38. The quantitative estimate of drug-likeness (QED) is 0.738. The topological polar surface area (TPSA) is 58.6 Å². The number of amides is 2. The molecule has 1 aliphatic carbocycles. The molecule has 0 unspecified atom stereocenters. The molecule has 2 aromatic carbocycles. The van der Waals surface area contributed by atoms with Crippen LogP contribution in [0.3, 0.4) is 0 Å². The van der Waals surface area contributed by atoms with Crippen molar-refractivity contribution in [3.05, 3.63) is 48.5 Å². The summed E-state index contributed by atoms with van der Waals surface area (Å²) in [5.41, 5.74) is 1.67. The lowest BCUT2D eigenvalue weighted by molar-refractivity contribution is -0.122. The predicted octanol–water partition coefficient (Wildman–Crippen LogP) is 4.87. The number of nitrogens with one attached hydrogen (secondary N) is 1. The van der Waals surface area contributed by atoms with Gasteiger partial charge in [0, 0.05) is 35.7 Å². The van der Waals surface area contributed by atoms with Gasteiger partial charge in [0.05, 0.1) is 11.8 Å². The zero-order valence-corrected chi connectivity index (χ0v) is 17.2. The second kappa shape index (κ2) is 9.35. The maximum Gasteiger partial charge on any atom is 0.227 e. The summed E-state index contributed by atoms with van der Waals surface area (Å²) in [6, 6.07) is 15.4. The number of rotatable bonds is 6. The molecule has 0 saturated heterocycles. The fraction of sp³-hybridized carbons (Fsp3) is 0.391. The van der Waals surface area contributed by atoms with Gasteiger partial charge in [-0.05, 0) is 62.1 Å². The van der Waals surface area contributed by atoms with Crippen molar-refractivity contribution in [3.63, 3.8) is 0 Å². The van der Waals surface area contributed by atoms with Crippen LogP contribution in [0.5, 0.6) is 5.75 Å². The number of ether oxygens (including phenoxy) is 1. The Morgan fingerprint density at radius 1 is 1.03 bits per heavy atom. The van der Waals surface area contributed by atoms with Gasteiger partial charge < -0.3 is 15.0 Å². The molecule has 0 bridgehead atoms. The number of benzene rings is 2. The van der Waals surface area contributed by atoms with E-state index in [0.29, 0.717) is 12.6 Å². The third-order valence-electron chi connectivity index (χ3n) is 5.34. The average molecular weight is 411 g/mol. The van der Waals surface area contributed by atoms with Crippen LogP contribution >= 0.6 is 11.8 Å². The summed E-state index contributed by atoms with van der Waals surface area (Å²) in [4.78, 5) is 27.9. The zero-order chi connectivity index (χ0) is 20.1. The van der Waals surface area contributed by atoms with E-state index in [9.17, 15) is 9.59 Å². The maximum atomic E-state index is 12.6. The van der Waals surface area contributed by atoms with Crippen LogP contribution in [-0.4, -0.2) is 30.2 Å². The van der Waals surface area contributed by atoms with E-state index >= 15 is 0 Å². The van der Waals surface area contributed by atoms with Gasteiger partial charge in [-0.25, -0.2) is 0 Å². The van der Waals surface area contributed by atoms with Crippen LogP contribution in [0.2, 0.25) is 0 Å². The summed E-state index contributed by atoms with van der Waals surface area (Å²) in [6.07, 6.45) is 5.40. The van der Waals surface area contributed by atoms with E-state index in [1.807, 2.05) is 48.5 Å². The molecule has 2 aliphatic rings. The van der Waals surface area contributed by atoms with E-state index in [2.05, 4.69) is 5.32 Å². The first-order valence-electron chi connectivity index (χ1n) is 10.3. The molecular weight excluding hydrogens is 384 g/mol. The molecule has 1 heterocycles. The largest absolute Gasteiger partial charge is 0.490 e. The first-order valence-corrected chi connectivity index (χ1v) is 11.3. The number of nitrogens with zero attached hydrogens (tertiary/aromatic N) is 1. The number of carbonyl (C=O) groups excluding carboxylic acids is 2. The normalized spacial score (nSPS) is 16.3. The van der Waals surface area contributed by atoms with Gasteiger partial charge in [0.15, 0.2) is 0 Å². The molecule has 1 aliphatic heterocycles. The molecule has 152 valence electrons. The standard InChI is InChI=1S/C23H26N2O3S/c26-22(24-17-9-11-19(12-10-17)28-18-5-1-2-6-18)13-14-23(27)25-15-16-29-21-8-4-3-7-20(21)25/h3-4,7-12,18H,1-2,5-6,13-16H2,(H,24,26). The molecule has 0 atom stereocenters. The molecule has 5 nitrogen and oxygen atoms in total. The van der Waals surface area contributed by atoms with Gasteiger partial charge in [0.25, 0.3) is 0 Å². The number of carbonyl (C=O) groups is 2. The SMILES string of the molecule is O=C(CCC(=O)N1CCSc2ccccc21)Nc1ccc(OC2CCCC2)cc1. The number of anilines is 2. The number of hydrogen-bond donors (Lipinski definition) is 1. The van der Waals surface area contributed by atoms with Crippen LogP contribution in [-0.2, 0) is 9.59 Å². The van der Waals surface area contributed by atoms with E-state index in [-0.39, 0.29) is 24.7 Å². The first kappa shape index (κ1) is 19.8. The second-order valence-corrected chi connectivity index (χ2v) is 8.60. The van der Waals surface area contributed by atoms with E-state index in [1.165, 1.54) is 12.8 Å². The fourth-order valence-corrected chi connectivity index (χ4v) is 4.82. The molecular formula is C23H26N2O3S. The summed E-state index contributed by atoms with van der Waals surface area (Å²) in [6.45, 7) is 0.685. The van der Waals surface area contributed by atoms with Crippen molar-refractivity contribution in [3.8, 4) is 5.75 Å². The van der Waals surface area contributed by atoms with Crippen molar-refractivity contribution >= 4 is 35.0 Å². The molecule has 2 amide bonds. The highest BCUT2D eigenvalue weighted by Gasteiger charge is 2.23. The third kappa shape index (κ3) is 5.12. The smallest absolute Gasteiger partial charge is 0.227 e. The van der Waals surface area contributed by atoms with Crippen molar-refractivity contribution in [2.75, 3.05) is 22.5 Å². The lowest BCUT2D eigenvalue weighted by atomic mass is 10.2. The Kier molecular flexibility index (Phi) is 6.39. The summed E-state index contributed by atoms with van der Waals surface area (Å²) < 4.78 is 5.95. The van der Waals surface area contributed by atoms with Crippen LogP contribution in [0.1, 0.15) is 38.5 Å². The maximum absolute atomic E-state index is 12.6. The van der Waals surface area contributed by atoms with Gasteiger partial charge in [-0.3, -0.25) is 9.59 Å². The lowest BCUT2D eigenvalue weighted by Crippen LogP contribution is -2.35. The fourth-order valence-electron chi connectivity index (χ4n) is 3.82. The molecule has 0 aromatic heterocycles. The molecule has 2 aromatic rings. The Balaban J connectivity index is 1.26. The van der Waals surface area contributed by atoms with Crippen molar-refractivity contribution in [1.82, 2.24) is 0 Å². The van der Waals surface area contributed by atoms with Gasteiger partial charge in [-0.15, -0.1) is 11.8 Å². The Bertz CT molecular complexity index is 863. The zero-order valence-electron chi connectivity index (χ0n) is 16.4. The summed E-state index contributed by atoms with van der Waals surface area (Å²) in [7, 11) is 0. The van der Waals surface area contributed by atoms with E-state index in [0.717, 1.165) is 40.6 Å². The minimum atomic E-state index is -0.150. The van der Waals surface area contributed by atoms with Crippen LogP contribution in [0.15, 0.2) is 53.4 Å². The van der Waals surface area contributed by atoms with Crippen molar-refractivity contribution < 1.29 is 14.3 Å². The number of thioether (sulfide) groups is 1. The molecule has 29 heavy (non-hydrogen) atoms. The highest BCUT2D eigenvalue weighted by molar-refractivity contribution is 7.99. The molecule has 1 fully saturated rings. The Hall–Kier alpha value is -2.47. The first-order chi connectivity index (χ1) is 14.2. The van der Waals surface area contributed by atoms with Gasteiger partial charge in [-0.1, -0.05) is 12.1 Å². The van der Waals surface area contributed by atoms with Gasteiger partial charge >= 0.3 is 0 Å². The molecule has 0 spiro atoms. The molecule has 1 N–H and O–H groups in total. The Labute approximate surface area is 175 Å². The van der Waals surface area contributed by atoms with Crippen molar-refractivity contribution in [2.45, 2.75) is 49.5 Å². The second-order valence-electron chi connectivity index (χ2n) is 7.46. The van der Waals surface area contributed by atoms with Crippen LogP contribution in [0.25, 0.3) is 0 Å². The van der Waals surface area contributed by atoms with Gasteiger partial charge in [0.2, 0.25) is 11.8 Å².